The van der Waals surface area contributed by atoms with E-state index < -0.39 is 5.60 Å². The molecule has 1 aromatic heterocycles. The summed E-state index contributed by atoms with van der Waals surface area (Å²) in [5.74, 6) is 0. The molecule has 3 rings (SSSR count). The predicted octanol–water partition coefficient (Wildman–Crippen LogP) is 3.01. The van der Waals surface area contributed by atoms with E-state index in [1.807, 2.05) is 44.2 Å². The minimum Gasteiger partial charge on any atom is -0.385 e. The van der Waals surface area contributed by atoms with Crippen LogP contribution >= 0.6 is 0 Å². The highest BCUT2D eigenvalue weighted by Crippen LogP contribution is 2.41. The molecule has 1 saturated heterocycles. The van der Waals surface area contributed by atoms with Gasteiger partial charge in [-0.15, -0.1) is 0 Å². The van der Waals surface area contributed by atoms with Crippen molar-refractivity contribution in [1.29, 1.82) is 0 Å². The van der Waals surface area contributed by atoms with Crippen molar-refractivity contribution in [2.75, 3.05) is 6.61 Å². The SMILES string of the molecule is CC1(C)CC(O)(c2cccc3ncccc23)CCO1. The summed E-state index contributed by atoms with van der Waals surface area (Å²) in [4.78, 5) is 4.36. The number of aliphatic hydroxyl groups is 1. The topological polar surface area (TPSA) is 42.4 Å². The zero-order chi connectivity index (χ0) is 13.5. The number of pyridine rings is 1. The molecule has 1 atom stereocenters. The van der Waals surface area contributed by atoms with Crippen LogP contribution in [0.2, 0.25) is 0 Å². The van der Waals surface area contributed by atoms with Crippen molar-refractivity contribution in [3.63, 3.8) is 0 Å². The van der Waals surface area contributed by atoms with Crippen LogP contribution < -0.4 is 0 Å². The molecule has 0 radical (unpaired) electrons. The number of nitrogens with zero attached hydrogens (tertiary/aromatic N) is 1. The maximum Gasteiger partial charge on any atom is 0.0952 e. The average molecular weight is 257 g/mol. The van der Waals surface area contributed by atoms with Gasteiger partial charge in [0.2, 0.25) is 0 Å². The van der Waals surface area contributed by atoms with Crippen LogP contribution in [0.1, 0.15) is 32.3 Å². The largest absolute Gasteiger partial charge is 0.385 e. The van der Waals surface area contributed by atoms with Gasteiger partial charge in [-0.05, 0) is 31.5 Å². The second-order valence-corrected chi connectivity index (χ2v) is 5.94. The Hall–Kier alpha value is -1.45. The molecular formula is C16H19NO2. The normalized spacial score (nSPS) is 26.5. The summed E-state index contributed by atoms with van der Waals surface area (Å²) < 4.78 is 5.72. The quantitative estimate of drug-likeness (QED) is 0.854. The van der Waals surface area contributed by atoms with Gasteiger partial charge in [0.05, 0.1) is 23.3 Å². The Morgan fingerprint density at radius 1 is 1.21 bits per heavy atom. The highest BCUT2D eigenvalue weighted by molar-refractivity contribution is 5.82. The van der Waals surface area contributed by atoms with E-state index in [1.54, 1.807) is 6.20 Å². The van der Waals surface area contributed by atoms with Gasteiger partial charge in [0, 0.05) is 24.4 Å². The van der Waals surface area contributed by atoms with Crippen molar-refractivity contribution >= 4 is 10.9 Å². The predicted molar refractivity (Wildman–Crippen MR) is 74.9 cm³/mol. The molecule has 1 aliphatic heterocycles. The first-order valence-electron chi connectivity index (χ1n) is 6.71. The van der Waals surface area contributed by atoms with Crippen molar-refractivity contribution in [3.05, 3.63) is 42.1 Å². The first-order valence-corrected chi connectivity index (χ1v) is 6.71. The third-order valence-electron chi connectivity index (χ3n) is 3.87. The van der Waals surface area contributed by atoms with E-state index in [2.05, 4.69) is 4.98 Å². The molecule has 0 bridgehead atoms. The Morgan fingerprint density at radius 2 is 2.05 bits per heavy atom. The average Bonchev–Trinajstić information content (AvgIpc) is 2.36. The monoisotopic (exact) mass is 257 g/mol. The molecule has 1 fully saturated rings. The minimum atomic E-state index is -0.829. The molecule has 1 aliphatic rings. The third-order valence-corrected chi connectivity index (χ3v) is 3.87. The van der Waals surface area contributed by atoms with E-state index in [1.165, 1.54) is 0 Å². The first kappa shape index (κ1) is 12.6. The van der Waals surface area contributed by atoms with E-state index in [0.717, 1.165) is 16.5 Å². The molecule has 100 valence electrons. The molecule has 1 N–H and O–H groups in total. The van der Waals surface area contributed by atoms with Crippen LogP contribution in [0, 0.1) is 0 Å². The van der Waals surface area contributed by atoms with Gasteiger partial charge in [-0.25, -0.2) is 0 Å². The van der Waals surface area contributed by atoms with Gasteiger partial charge in [-0.3, -0.25) is 4.98 Å². The highest BCUT2D eigenvalue weighted by Gasteiger charge is 2.41. The zero-order valence-electron chi connectivity index (χ0n) is 11.4. The number of aromatic nitrogens is 1. The van der Waals surface area contributed by atoms with Crippen molar-refractivity contribution in [2.24, 2.45) is 0 Å². The standard InChI is InChI=1S/C16H19NO2/c1-15(2)11-16(18,8-10-19-15)13-6-3-7-14-12(13)5-4-9-17-14/h3-7,9,18H,8,10-11H2,1-2H3. The Kier molecular flexibility index (Phi) is 2.84. The van der Waals surface area contributed by atoms with E-state index in [-0.39, 0.29) is 5.60 Å². The molecule has 0 aliphatic carbocycles. The van der Waals surface area contributed by atoms with Crippen LogP contribution in [-0.2, 0) is 10.3 Å². The lowest BCUT2D eigenvalue weighted by Crippen LogP contribution is -2.44. The van der Waals surface area contributed by atoms with E-state index in [9.17, 15) is 5.11 Å². The van der Waals surface area contributed by atoms with Crippen LogP contribution in [0.4, 0.5) is 0 Å². The molecule has 0 saturated carbocycles. The summed E-state index contributed by atoms with van der Waals surface area (Å²) in [6.07, 6.45) is 3.02. The van der Waals surface area contributed by atoms with Crippen LogP contribution in [-0.4, -0.2) is 22.3 Å². The van der Waals surface area contributed by atoms with Crippen molar-refractivity contribution in [2.45, 2.75) is 37.9 Å². The molecule has 2 heterocycles. The Morgan fingerprint density at radius 3 is 2.84 bits per heavy atom. The fourth-order valence-electron chi connectivity index (χ4n) is 3.08. The van der Waals surface area contributed by atoms with Crippen molar-refractivity contribution < 1.29 is 9.84 Å². The summed E-state index contributed by atoms with van der Waals surface area (Å²) >= 11 is 0. The summed E-state index contributed by atoms with van der Waals surface area (Å²) in [5, 5.41) is 12.1. The van der Waals surface area contributed by atoms with Gasteiger partial charge in [-0.1, -0.05) is 18.2 Å². The van der Waals surface area contributed by atoms with E-state index in [0.29, 0.717) is 19.4 Å². The molecule has 3 nitrogen and oxygen atoms in total. The second-order valence-electron chi connectivity index (χ2n) is 5.94. The van der Waals surface area contributed by atoms with Gasteiger partial charge in [-0.2, -0.15) is 0 Å². The molecule has 2 aromatic rings. The minimum absolute atomic E-state index is 0.294. The summed E-state index contributed by atoms with van der Waals surface area (Å²) in [6, 6.07) is 9.89. The Labute approximate surface area is 113 Å². The highest BCUT2D eigenvalue weighted by atomic mass is 16.5. The van der Waals surface area contributed by atoms with Gasteiger partial charge in [0.15, 0.2) is 0 Å². The van der Waals surface area contributed by atoms with Crippen LogP contribution in [0.25, 0.3) is 10.9 Å². The lowest BCUT2D eigenvalue weighted by molar-refractivity contribution is -0.147. The summed E-state index contributed by atoms with van der Waals surface area (Å²) in [5.41, 5.74) is 0.772. The lowest BCUT2D eigenvalue weighted by Gasteiger charge is -2.42. The number of benzene rings is 1. The van der Waals surface area contributed by atoms with E-state index >= 15 is 0 Å². The summed E-state index contributed by atoms with van der Waals surface area (Å²) in [6.45, 7) is 4.64. The number of hydrogen-bond donors (Lipinski definition) is 1. The first-order chi connectivity index (χ1) is 9.00. The fourth-order valence-corrected chi connectivity index (χ4v) is 3.08. The van der Waals surface area contributed by atoms with Crippen LogP contribution in [0.15, 0.2) is 36.5 Å². The molecule has 3 heteroatoms. The van der Waals surface area contributed by atoms with Crippen molar-refractivity contribution in [3.8, 4) is 0 Å². The number of rotatable bonds is 1. The molecule has 1 unspecified atom stereocenters. The van der Waals surface area contributed by atoms with Gasteiger partial charge >= 0.3 is 0 Å². The molecule has 19 heavy (non-hydrogen) atoms. The Bertz CT molecular complexity index is 603. The van der Waals surface area contributed by atoms with Gasteiger partial charge in [0.25, 0.3) is 0 Å². The van der Waals surface area contributed by atoms with Crippen molar-refractivity contribution in [1.82, 2.24) is 4.98 Å². The maximum absolute atomic E-state index is 11.1. The summed E-state index contributed by atoms with van der Waals surface area (Å²) in [7, 11) is 0. The molecule has 0 amide bonds. The fraction of sp³-hybridized carbons (Fsp3) is 0.438. The third kappa shape index (κ3) is 2.24. The molecular weight excluding hydrogens is 238 g/mol. The molecule has 1 aromatic carbocycles. The van der Waals surface area contributed by atoms with Crippen LogP contribution in [0.5, 0.6) is 0 Å². The smallest absolute Gasteiger partial charge is 0.0952 e. The van der Waals surface area contributed by atoms with Gasteiger partial charge < -0.3 is 9.84 Å². The van der Waals surface area contributed by atoms with Crippen LogP contribution in [0.3, 0.4) is 0 Å². The van der Waals surface area contributed by atoms with E-state index in [4.69, 9.17) is 4.74 Å². The van der Waals surface area contributed by atoms with Gasteiger partial charge in [0.1, 0.15) is 0 Å². The lowest BCUT2D eigenvalue weighted by atomic mass is 9.78. The Balaban J connectivity index is 2.13. The number of fused-ring (bicyclic) bond motifs is 1. The number of hydrogen-bond acceptors (Lipinski definition) is 3. The molecule has 0 spiro atoms. The second kappa shape index (κ2) is 4.29. The maximum atomic E-state index is 11.1. The zero-order valence-corrected chi connectivity index (χ0v) is 11.4. The number of ether oxygens (including phenoxy) is 1.